The summed E-state index contributed by atoms with van der Waals surface area (Å²) in [7, 11) is 0. The fourth-order valence-electron chi connectivity index (χ4n) is 1.18. The van der Waals surface area contributed by atoms with Crippen LogP contribution in [0.15, 0.2) is 35.0 Å². The molecule has 0 atom stereocenters. The predicted molar refractivity (Wildman–Crippen MR) is 76.6 cm³/mol. The first kappa shape index (κ1) is 15.3. The second kappa shape index (κ2) is 7.01. The van der Waals surface area contributed by atoms with E-state index in [0.717, 1.165) is 0 Å². The van der Waals surface area contributed by atoms with Crippen molar-refractivity contribution in [1.82, 2.24) is 0 Å². The zero-order valence-corrected chi connectivity index (χ0v) is 11.7. The van der Waals surface area contributed by atoms with E-state index in [1.807, 2.05) is 0 Å². The van der Waals surface area contributed by atoms with Crippen LogP contribution < -0.4 is 11.5 Å². The van der Waals surface area contributed by atoms with Crippen molar-refractivity contribution in [1.29, 1.82) is 0 Å². The summed E-state index contributed by atoms with van der Waals surface area (Å²) in [5, 5.41) is 0.836. The Morgan fingerprint density at radius 3 is 2.68 bits per heavy atom. The average Bonchev–Trinajstić information content (AvgIpc) is 2.33. The molecule has 0 aliphatic carbocycles. The molecule has 1 aromatic rings. The highest BCUT2D eigenvalue weighted by Crippen LogP contribution is 2.27. The van der Waals surface area contributed by atoms with Crippen LogP contribution in [-0.2, 0) is 9.53 Å². The van der Waals surface area contributed by atoms with Gasteiger partial charge in [-0.25, -0.2) is 9.79 Å². The summed E-state index contributed by atoms with van der Waals surface area (Å²) < 4.78 is 4.71. The van der Waals surface area contributed by atoms with Crippen LogP contribution in [0.25, 0.3) is 0 Å². The third-order valence-corrected chi connectivity index (χ3v) is 2.51. The second-order valence-corrected chi connectivity index (χ2v) is 4.30. The molecule has 0 spiro atoms. The van der Waals surface area contributed by atoms with Gasteiger partial charge in [0.25, 0.3) is 0 Å². The van der Waals surface area contributed by atoms with Crippen molar-refractivity contribution in [2.45, 2.75) is 6.92 Å². The number of nitrogens with two attached hydrogens (primary N) is 2. The molecule has 0 radical (unpaired) electrons. The molecule has 1 rings (SSSR count). The Bertz CT molecular complexity index is 542. The molecule has 0 unspecified atom stereocenters. The summed E-state index contributed by atoms with van der Waals surface area (Å²) in [6.07, 6.45) is 1.21. The van der Waals surface area contributed by atoms with Crippen molar-refractivity contribution in [2.24, 2.45) is 16.5 Å². The molecule has 102 valence electrons. The summed E-state index contributed by atoms with van der Waals surface area (Å²) in [5.74, 6) is -0.613. The second-order valence-electron chi connectivity index (χ2n) is 3.45. The normalized spacial score (nSPS) is 12.4. The van der Waals surface area contributed by atoms with Crippen molar-refractivity contribution in [3.05, 3.63) is 40.0 Å². The maximum Gasteiger partial charge on any atom is 0.354 e. The predicted octanol–water partition coefficient (Wildman–Crippen LogP) is 2.39. The minimum Gasteiger partial charge on any atom is -0.461 e. The zero-order chi connectivity index (χ0) is 14.4. The fourth-order valence-corrected chi connectivity index (χ4v) is 1.63. The van der Waals surface area contributed by atoms with Crippen molar-refractivity contribution in [3.63, 3.8) is 0 Å². The summed E-state index contributed by atoms with van der Waals surface area (Å²) >= 11 is 11.7. The highest BCUT2D eigenvalue weighted by Gasteiger charge is 2.06. The van der Waals surface area contributed by atoms with Gasteiger partial charge in [0.15, 0.2) is 0 Å². The van der Waals surface area contributed by atoms with Crippen LogP contribution in [-0.4, -0.2) is 18.4 Å². The van der Waals surface area contributed by atoms with Gasteiger partial charge in [0, 0.05) is 11.1 Å². The van der Waals surface area contributed by atoms with Gasteiger partial charge in [0.2, 0.25) is 0 Å². The third-order valence-electron chi connectivity index (χ3n) is 1.97. The number of halogens is 2. The van der Waals surface area contributed by atoms with Crippen LogP contribution in [0.4, 0.5) is 5.69 Å². The van der Waals surface area contributed by atoms with Crippen LogP contribution >= 0.6 is 23.2 Å². The van der Waals surface area contributed by atoms with E-state index in [4.69, 9.17) is 39.4 Å². The van der Waals surface area contributed by atoms with E-state index in [9.17, 15) is 4.79 Å². The first-order chi connectivity index (χ1) is 8.93. The number of carbonyl (C=O) groups excluding carboxylic acids is 1. The summed E-state index contributed by atoms with van der Waals surface area (Å²) in [5.41, 5.74) is 11.4. The van der Waals surface area contributed by atoms with Gasteiger partial charge in [-0.15, -0.1) is 0 Å². The Kier molecular flexibility index (Phi) is 5.66. The average molecular weight is 302 g/mol. The van der Waals surface area contributed by atoms with Gasteiger partial charge in [-0.1, -0.05) is 23.2 Å². The van der Waals surface area contributed by atoms with Crippen LogP contribution in [0.3, 0.4) is 0 Å². The number of ether oxygens (including phenoxy) is 1. The topological polar surface area (TPSA) is 90.7 Å². The van der Waals surface area contributed by atoms with Gasteiger partial charge in [-0.2, -0.15) is 0 Å². The number of aliphatic imine (C=N–C) groups is 1. The maximum absolute atomic E-state index is 11.3. The highest BCUT2D eigenvalue weighted by molar-refractivity contribution is 6.36. The molecular formula is C12H13Cl2N3O2. The van der Waals surface area contributed by atoms with E-state index in [2.05, 4.69) is 4.99 Å². The van der Waals surface area contributed by atoms with Crippen LogP contribution in [0.1, 0.15) is 6.92 Å². The monoisotopic (exact) mass is 301 g/mol. The summed E-state index contributed by atoms with van der Waals surface area (Å²) in [6, 6.07) is 4.76. The lowest BCUT2D eigenvalue weighted by Crippen LogP contribution is -2.19. The third kappa shape index (κ3) is 4.81. The molecule has 0 aromatic heterocycles. The summed E-state index contributed by atoms with van der Waals surface area (Å²) in [4.78, 5) is 15.3. The Balaban J connectivity index is 2.93. The fraction of sp³-hybridized carbons (Fsp3) is 0.167. The zero-order valence-electron chi connectivity index (χ0n) is 10.2. The van der Waals surface area contributed by atoms with E-state index in [0.29, 0.717) is 15.7 Å². The van der Waals surface area contributed by atoms with E-state index in [-0.39, 0.29) is 18.1 Å². The number of hydrogen-bond acceptors (Lipinski definition) is 4. The standard InChI is InChI=1S/C12H13Cl2N3O2/c1-2-19-12(18)9(15)6-11(16)17-10-4-3-7(13)5-8(10)14/h3-6H,2,15H2,1H3,(H2,16,17)/b9-6-. The number of amidine groups is 1. The first-order valence-electron chi connectivity index (χ1n) is 5.37. The first-order valence-corrected chi connectivity index (χ1v) is 6.13. The molecule has 0 aliphatic heterocycles. The molecule has 0 saturated carbocycles. The Morgan fingerprint density at radius 1 is 1.42 bits per heavy atom. The molecular weight excluding hydrogens is 289 g/mol. The van der Waals surface area contributed by atoms with E-state index in [1.165, 1.54) is 12.1 Å². The van der Waals surface area contributed by atoms with Gasteiger partial charge < -0.3 is 16.2 Å². The minimum atomic E-state index is -0.650. The van der Waals surface area contributed by atoms with Gasteiger partial charge >= 0.3 is 5.97 Å². The molecule has 7 heteroatoms. The van der Waals surface area contributed by atoms with Crippen molar-refractivity contribution in [2.75, 3.05) is 6.61 Å². The minimum absolute atomic E-state index is 0.0368. The van der Waals surface area contributed by atoms with Gasteiger partial charge in [0.05, 0.1) is 17.3 Å². The van der Waals surface area contributed by atoms with E-state index in [1.54, 1.807) is 19.1 Å². The molecule has 0 heterocycles. The van der Waals surface area contributed by atoms with Crippen molar-refractivity contribution < 1.29 is 9.53 Å². The molecule has 0 bridgehead atoms. The Morgan fingerprint density at radius 2 is 2.11 bits per heavy atom. The van der Waals surface area contributed by atoms with Crippen LogP contribution in [0, 0.1) is 0 Å². The largest absolute Gasteiger partial charge is 0.461 e. The number of benzene rings is 1. The van der Waals surface area contributed by atoms with Gasteiger partial charge in [0.1, 0.15) is 11.5 Å². The molecule has 4 N–H and O–H groups in total. The number of nitrogens with zero attached hydrogens (tertiary/aromatic N) is 1. The van der Waals surface area contributed by atoms with Crippen molar-refractivity contribution in [3.8, 4) is 0 Å². The molecule has 1 aromatic carbocycles. The maximum atomic E-state index is 11.3. The van der Waals surface area contributed by atoms with E-state index >= 15 is 0 Å². The molecule has 0 saturated heterocycles. The lowest BCUT2D eigenvalue weighted by atomic mass is 10.3. The Labute approximate surface area is 120 Å². The van der Waals surface area contributed by atoms with Crippen LogP contribution in [0.5, 0.6) is 0 Å². The quantitative estimate of drug-likeness (QED) is 0.387. The molecule has 19 heavy (non-hydrogen) atoms. The number of rotatable bonds is 4. The van der Waals surface area contributed by atoms with Crippen LogP contribution in [0.2, 0.25) is 10.0 Å². The molecule has 5 nitrogen and oxygen atoms in total. The van der Waals surface area contributed by atoms with Gasteiger partial charge in [-0.05, 0) is 25.1 Å². The molecule has 0 aliphatic rings. The Hall–Kier alpha value is -1.72. The van der Waals surface area contributed by atoms with Gasteiger partial charge in [-0.3, -0.25) is 0 Å². The lowest BCUT2D eigenvalue weighted by molar-refractivity contribution is -0.138. The smallest absolute Gasteiger partial charge is 0.354 e. The highest BCUT2D eigenvalue weighted by atomic mass is 35.5. The van der Waals surface area contributed by atoms with Crippen molar-refractivity contribution >= 4 is 40.7 Å². The van der Waals surface area contributed by atoms with E-state index < -0.39 is 5.97 Å². The molecule has 0 amide bonds. The summed E-state index contributed by atoms with van der Waals surface area (Å²) in [6.45, 7) is 1.91. The SMILES string of the molecule is CCOC(=O)/C(N)=C/C(N)=Nc1ccc(Cl)cc1Cl. The number of hydrogen-bond donors (Lipinski definition) is 2. The molecule has 0 fully saturated rings. The number of carbonyl (C=O) groups is 1. The lowest BCUT2D eigenvalue weighted by Gasteiger charge is -2.02. The number of esters is 1.